The van der Waals surface area contributed by atoms with E-state index in [1.807, 2.05) is 84.1 Å². The first-order chi connectivity index (χ1) is 26.9. The van der Waals surface area contributed by atoms with Gasteiger partial charge in [-0.1, -0.05) is 31.2 Å². The number of ether oxygens (including phenoxy) is 5. The minimum Gasteiger partial charge on any atom is -0.458 e. The summed E-state index contributed by atoms with van der Waals surface area (Å²) in [5.74, 6) is -3.14. The lowest BCUT2D eigenvalue weighted by Gasteiger charge is -2.46. The van der Waals surface area contributed by atoms with Crippen LogP contribution in [0.4, 0.5) is 10.5 Å². The van der Waals surface area contributed by atoms with E-state index in [2.05, 4.69) is 15.6 Å². The van der Waals surface area contributed by atoms with Gasteiger partial charge >= 0.3 is 12.1 Å². The van der Waals surface area contributed by atoms with Gasteiger partial charge in [-0.25, -0.2) is 4.79 Å². The number of nitrogen functional groups attached to an aromatic ring is 1. The summed E-state index contributed by atoms with van der Waals surface area (Å²) in [5.41, 5.74) is 5.91. The van der Waals surface area contributed by atoms with E-state index in [4.69, 9.17) is 29.4 Å². The number of nitrogens with one attached hydrogen (secondary N) is 1. The number of aliphatic hydroxyl groups is 1. The molecule has 2 unspecified atom stereocenters. The van der Waals surface area contributed by atoms with Crippen LogP contribution in [-0.2, 0) is 39.8 Å². The van der Waals surface area contributed by atoms with E-state index in [9.17, 15) is 19.5 Å². The van der Waals surface area contributed by atoms with Gasteiger partial charge in [0, 0.05) is 49.5 Å². The topological polar surface area (TPSA) is 193 Å². The molecule has 3 fully saturated rings. The fourth-order valence-corrected chi connectivity index (χ4v) is 8.89. The summed E-state index contributed by atoms with van der Waals surface area (Å²) in [6.07, 6.45) is 0.0682. The molecule has 1 amide bonds. The summed E-state index contributed by atoms with van der Waals surface area (Å²) in [6.45, 7) is 14.1. The average molecular weight is 800 g/mol. The van der Waals surface area contributed by atoms with Crippen molar-refractivity contribution >= 4 is 23.5 Å². The third kappa shape index (κ3) is 9.63. The van der Waals surface area contributed by atoms with Crippen molar-refractivity contribution in [3.05, 3.63) is 30.5 Å². The number of fused-ring (bicyclic) bond motifs is 1. The molecule has 0 saturated carbocycles. The second-order valence-corrected chi connectivity index (χ2v) is 16.8. The van der Waals surface area contributed by atoms with Crippen LogP contribution in [0.1, 0.15) is 80.6 Å². The second kappa shape index (κ2) is 18.5. The van der Waals surface area contributed by atoms with Crippen LogP contribution in [0.5, 0.6) is 0 Å². The number of ketones is 1. The van der Waals surface area contributed by atoms with E-state index in [-0.39, 0.29) is 18.2 Å². The van der Waals surface area contributed by atoms with E-state index in [0.717, 1.165) is 11.3 Å². The van der Waals surface area contributed by atoms with Gasteiger partial charge in [0.05, 0.1) is 30.0 Å². The molecule has 0 bridgehead atoms. The number of amides is 1. The highest BCUT2D eigenvalue weighted by molar-refractivity contribution is 6.00. The van der Waals surface area contributed by atoms with Crippen molar-refractivity contribution in [2.45, 2.75) is 147 Å². The Hall–Kier alpha value is -3.67. The van der Waals surface area contributed by atoms with Gasteiger partial charge in [-0.2, -0.15) is 0 Å². The Kier molecular flexibility index (Phi) is 14.4. The van der Waals surface area contributed by atoms with Crippen LogP contribution in [-0.4, -0.2) is 142 Å². The lowest BCUT2D eigenvalue weighted by atomic mass is 9.80. The Morgan fingerprint density at radius 2 is 1.82 bits per heavy atom. The van der Waals surface area contributed by atoms with E-state index in [1.165, 1.54) is 6.92 Å². The first-order valence-corrected chi connectivity index (χ1v) is 20.4. The molecule has 57 heavy (non-hydrogen) atoms. The maximum absolute atomic E-state index is 14.2. The van der Waals surface area contributed by atoms with E-state index < -0.39 is 71.5 Å². The molecule has 1 aromatic heterocycles. The maximum Gasteiger partial charge on any atom is 0.410 e. The monoisotopic (exact) mass is 799 g/mol. The standard InChI is InChI=1S/C41H65N7O9/c1-11-32-41(7)35(48(39(52)57-41)20-13-12-19-47-23-30(44-45-47)28-15-14-16-29(42)22-28)27(5)43-18-17-40(6,53-10)36(25(3)33(49)26(4)37(51)55-32)56-38-34(50)31(46(8)9)21-24(2)54-38/h14-16,22-27,31-32,34-36,38,43,50H,11-13,17-21,42H2,1-10H3/t24-,25+,26-,27-,31?,32-,34?,35-,36-,38+,40-,41-/m1/s1. The van der Waals surface area contributed by atoms with Crippen LogP contribution in [0.25, 0.3) is 11.3 Å². The first kappa shape index (κ1) is 44.4. The van der Waals surface area contributed by atoms with Gasteiger partial charge < -0.3 is 44.7 Å². The number of cyclic esters (lactones) is 1. The molecule has 4 heterocycles. The number of anilines is 1. The number of aryl methyl sites for hydroxylation is 1. The Labute approximate surface area is 337 Å². The largest absolute Gasteiger partial charge is 0.458 e. The molecular weight excluding hydrogens is 734 g/mol. The van der Waals surface area contributed by atoms with Crippen molar-refractivity contribution in [2.75, 3.05) is 40.0 Å². The van der Waals surface area contributed by atoms with E-state index in [1.54, 1.807) is 23.6 Å². The van der Waals surface area contributed by atoms with Crippen molar-refractivity contribution in [3.8, 4) is 11.3 Å². The zero-order valence-electron chi connectivity index (χ0n) is 35.3. The summed E-state index contributed by atoms with van der Waals surface area (Å²) >= 11 is 0. The predicted molar refractivity (Wildman–Crippen MR) is 213 cm³/mol. The lowest BCUT2D eigenvalue weighted by Crippen LogP contribution is -2.62. The zero-order chi connectivity index (χ0) is 41.8. The number of nitrogens with zero attached hydrogens (tertiary/aromatic N) is 5. The number of aliphatic hydroxyl groups excluding tert-OH is 1. The number of aromatic nitrogens is 3. The van der Waals surface area contributed by atoms with Gasteiger partial charge in [0.25, 0.3) is 0 Å². The molecule has 0 radical (unpaired) electrons. The number of methoxy groups -OCH3 is 1. The summed E-state index contributed by atoms with van der Waals surface area (Å²) in [6, 6.07) is 6.39. The number of likely N-dealkylation sites (N-methyl/N-ethyl adjacent to an activating group) is 1. The summed E-state index contributed by atoms with van der Waals surface area (Å²) in [5, 5.41) is 23.6. The number of Topliss-reactive ketones (excluding diaryl/α,β-unsaturated/α-hetero) is 1. The number of carbonyl (C=O) groups excluding carboxylic acids is 3. The molecule has 3 saturated heterocycles. The zero-order valence-corrected chi connectivity index (χ0v) is 35.3. The van der Waals surface area contributed by atoms with Crippen LogP contribution in [0.2, 0.25) is 0 Å². The molecule has 1 aromatic carbocycles. The lowest BCUT2D eigenvalue weighted by molar-refractivity contribution is -0.294. The van der Waals surface area contributed by atoms with Crippen LogP contribution >= 0.6 is 0 Å². The third-order valence-corrected chi connectivity index (χ3v) is 12.4. The summed E-state index contributed by atoms with van der Waals surface area (Å²) in [7, 11) is 5.35. The van der Waals surface area contributed by atoms with Gasteiger partial charge in [0.1, 0.15) is 23.8 Å². The number of hydrogen-bond acceptors (Lipinski definition) is 14. The first-order valence-electron chi connectivity index (χ1n) is 20.4. The SMILES string of the molecule is CC[C@H]1OC(=O)[C@H](C)C(=O)[C@H](C)[C@@H](O[C@@H]2O[C@H](C)CC(N(C)C)C2O)[C@](C)(OC)CCN[C@H](C)[C@H]2N(CCCCn3cc(-c4cccc(N)c4)nn3)C(=O)O[C@]12C. The highest BCUT2D eigenvalue weighted by Gasteiger charge is 2.58. The predicted octanol–water partition coefficient (Wildman–Crippen LogP) is 3.65. The fourth-order valence-electron chi connectivity index (χ4n) is 8.89. The van der Waals surface area contributed by atoms with Crippen molar-refractivity contribution < 1.29 is 43.2 Å². The number of carbonyl (C=O) groups is 3. The van der Waals surface area contributed by atoms with Gasteiger partial charge in [-0.05, 0) is 99.5 Å². The number of benzene rings is 1. The van der Waals surface area contributed by atoms with Gasteiger partial charge in [-0.15, -0.1) is 5.10 Å². The van der Waals surface area contributed by atoms with Gasteiger partial charge in [0.2, 0.25) is 0 Å². The number of hydrogen-bond donors (Lipinski definition) is 3. The molecule has 16 nitrogen and oxygen atoms in total. The smallest absolute Gasteiger partial charge is 0.410 e. The van der Waals surface area contributed by atoms with Crippen molar-refractivity contribution in [1.29, 1.82) is 0 Å². The average Bonchev–Trinajstić information content (AvgIpc) is 3.75. The molecule has 3 aliphatic heterocycles. The number of unbranched alkanes of at least 4 members (excludes halogenated alkanes) is 1. The summed E-state index contributed by atoms with van der Waals surface area (Å²) < 4.78 is 33.0. The van der Waals surface area contributed by atoms with Crippen LogP contribution in [0.15, 0.2) is 30.5 Å². The van der Waals surface area contributed by atoms with Crippen LogP contribution in [0, 0.1) is 11.8 Å². The Morgan fingerprint density at radius 3 is 2.49 bits per heavy atom. The van der Waals surface area contributed by atoms with E-state index in [0.29, 0.717) is 57.4 Å². The summed E-state index contributed by atoms with van der Waals surface area (Å²) in [4.78, 5) is 45.5. The maximum atomic E-state index is 14.2. The number of nitrogens with two attached hydrogens (primary N) is 1. The highest BCUT2D eigenvalue weighted by Crippen LogP contribution is 2.40. The second-order valence-electron chi connectivity index (χ2n) is 16.8. The quantitative estimate of drug-likeness (QED) is 0.129. The minimum atomic E-state index is -1.23. The van der Waals surface area contributed by atoms with Gasteiger partial charge in [0.15, 0.2) is 17.7 Å². The van der Waals surface area contributed by atoms with Crippen molar-refractivity contribution in [3.63, 3.8) is 0 Å². The van der Waals surface area contributed by atoms with E-state index >= 15 is 0 Å². The molecule has 0 spiro atoms. The molecule has 0 aliphatic carbocycles. The Balaban J connectivity index is 1.37. The molecule has 2 aromatic rings. The number of esters is 1. The minimum absolute atomic E-state index is 0.213. The normalized spacial score (nSPS) is 35.8. The van der Waals surface area contributed by atoms with Crippen molar-refractivity contribution in [2.24, 2.45) is 11.8 Å². The molecule has 4 N–H and O–H groups in total. The van der Waals surface area contributed by atoms with Crippen LogP contribution in [0.3, 0.4) is 0 Å². The Bertz CT molecular complexity index is 1690. The molecular formula is C41H65N7O9. The van der Waals surface area contributed by atoms with Crippen LogP contribution < -0.4 is 11.1 Å². The fraction of sp³-hybridized carbons (Fsp3) is 0.732. The van der Waals surface area contributed by atoms with Crippen molar-refractivity contribution in [1.82, 2.24) is 30.1 Å². The molecule has 3 aliphatic rings. The molecule has 318 valence electrons. The van der Waals surface area contributed by atoms with Gasteiger partial charge in [-0.3, -0.25) is 19.2 Å². The molecule has 12 atom stereocenters. The third-order valence-electron chi connectivity index (χ3n) is 12.4. The Morgan fingerprint density at radius 1 is 1.11 bits per heavy atom. The molecule has 16 heteroatoms. The number of rotatable bonds is 11. The highest BCUT2D eigenvalue weighted by atomic mass is 16.7. The molecule has 5 rings (SSSR count).